The highest BCUT2D eigenvalue weighted by molar-refractivity contribution is 9.10. The molecule has 0 bridgehead atoms. The van der Waals surface area contributed by atoms with Gasteiger partial charge in [0.1, 0.15) is 16.7 Å². The predicted octanol–water partition coefficient (Wildman–Crippen LogP) is 2.23. The Kier molecular flexibility index (Phi) is 2.64. The molecule has 78 valence electrons. The van der Waals surface area contributed by atoms with Crippen LogP contribution in [-0.2, 0) is 0 Å². The predicted molar refractivity (Wildman–Crippen MR) is 62.2 cm³/mol. The first-order valence-electron chi connectivity index (χ1n) is 4.34. The van der Waals surface area contributed by atoms with Crippen molar-refractivity contribution in [3.63, 3.8) is 0 Å². The van der Waals surface area contributed by atoms with E-state index in [9.17, 15) is 0 Å². The van der Waals surface area contributed by atoms with Crippen LogP contribution < -0.4 is 10.5 Å². The zero-order chi connectivity index (χ0) is 10.8. The Morgan fingerprint density at radius 1 is 1.47 bits per heavy atom. The van der Waals surface area contributed by atoms with Gasteiger partial charge in [0.15, 0.2) is 0 Å². The molecule has 15 heavy (non-hydrogen) atoms. The van der Waals surface area contributed by atoms with Gasteiger partial charge in [0.05, 0.1) is 12.8 Å². The third-order valence-corrected chi connectivity index (χ3v) is 2.44. The van der Waals surface area contributed by atoms with Gasteiger partial charge in [-0.15, -0.1) is 0 Å². The third kappa shape index (κ3) is 1.97. The molecule has 0 aliphatic carbocycles. The molecule has 0 radical (unpaired) electrons. The summed E-state index contributed by atoms with van der Waals surface area (Å²) in [7, 11) is 1.62. The topological polar surface area (TPSA) is 53.1 Å². The lowest BCUT2D eigenvalue weighted by molar-refractivity contribution is 0.413. The average Bonchev–Trinajstić information content (AvgIpc) is 2.64. The highest BCUT2D eigenvalue weighted by Gasteiger charge is 2.05. The van der Waals surface area contributed by atoms with Gasteiger partial charge in [-0.05, 0) is 28.1 Å². The minimum absolute atomic E-state index is 0.676. The molecule has 1 aromatic heterocycles. The van der Waals surface area contributed by atoms with Crippen molar-refractivity contribution in [2.24, 2.45) is 0 Å². The van der Waals surface area contributed by atoms with Crippen LogP contribution >= 0.6 is 15.9 Å². The third-order valence-electron chi connectivity index (χ3n) is 2.03. The van der Waals surface area contributed by atoms with Gasteiger partial charge in [0.2, 0.25) is 0 Å². The summed E-state index contributed by atoms with van der Waals surface area (Å²) in [4.78, 5) is 4.08. The SMILES string of the molecule is COc1cc(N)ccc1-n1cnc(Br)c1. The van der Waals surface area contributed by atoms with Crippen LogP contribution in [0.1, 0.15) is 0 Å². The standard InChI is InChI=1S/C10H10BrN3O/c1-15-9-4-7(12)2-3-8(9)14-5-10(11)13-6-14/h2-6H,12H2,1H3. The molecule has 0 spiro atoms. The first-order valence-corrected chi connectivity index (χ1v) is 5.13. The van der Waals surface area contributed by atoms with Crippen LogP contribution in [0.2, 0.25) is 0 Å². The van der Waals surface area contributed by atoms with E-state index in [4.69, 9.17) is 10.5 Å². The molecule has 1 aromatic carbocycles. The molecule has 0 aliphatic heterocycles. The second kappa shape index (κ2) is 3.94. The fourth-order valence-corrected chi connectivity index (χ4v) is 1.65. The van der Waals surface area contributed by atoms with Gasteiger partial charge in [-0.2, -0.15) is 0 Å². The second-order valence-electron chi connectivity index (χ2n) is 3.03. The van der Waals surface area contributed by atoms with E-state index in [2.05, 4.69) is 20.9 Å². The molecule has 2 rings (SSSR count). The number of hydrogen-bond acceptors (Lipinski definition) is 3. The summed E-state index contributed by atoms with van der Waals surface area (Å²) in [5.41, 5.74) is 7.26. The molecule has 0 unspecified atom stereocenters. The molecule has 5 heteroatoms. The second-order valence-corrected chi connectivity index (χ2v) is 3.85. The number of rotatable bonds is 2. The lowest BCUT2D eigenvalue weighted by Crippen LogP contribution is -1.96. The molecule has 0 aliphatic rings. The zero-order valence-electron chi connectivity index (χ0n) is 8.14. The Morgan fingerprint density at radius 2 is 2.27 bits per heavy atom. The number of imidazole rings is 1. The first kappa shape index (κ1) is 10.0. The van der Waals surface area contributed by atoms with E-state index < -0.39 is 0 Å². The Hall–Kier alpha value is -1.49. The Labute approximate surface area is 95.8 Å². The van der Waals surface area contributed by atoms with E-state index >= 15 is 0 Å². The summed E-state index contributed by atoms with van der Waals surface area (Å²) < 4.78 is 7.89. The Balaban J connectivity index is 2.52. The van der Waals surface area contributed by atoms with Crippen LogP contribution in [0.15, 0.2) is 35.3 Å². The molecule has 1 heterocycles. The number of nitrogens with zero attached hydrogens (tertiary/aromatic N) is 2. The fourth-order valence-electron chi connectivity index (χ4n) is 1.34. The summed E-state index contributed by atoms with van der Waals surface area (Å²) >= 11 is 3.29. The van der Waals surface area contributed by atoms with Gasteiger partial charge in [0, 0.05) is 18.0 Å². The number of nitrogen functional groups attached to an aromatic ring is 1. The molecular weight excluding hydrogens is 258 g/mol. The van der Waals surface area contributed by atoms with Gasteiger partial charge in [-0.3, -0.25) is 0 Å². The monoisotopic (exact) mass is 267 g/mol. The minimum atomic E-state index is 0.676. The number of benzene rings is 1. The molecule has 0 atom stereocenters. The number of anilines is 1. The van der Waals surface area contributed by atoms with E-state index in [1.165, 1.54) is 0 Å². The summed E-state index contributed by atoms with van der Waals surface area (Å²) in [6.45, 7) is 0. The smallest absolute Gasteiger partial charge is 0.144 e. The Bertz CT molecular complexity index is 481. The van der Waals surface area contributed by atoms with Crippen molar-refractivity contribution >= 4 is 21.6 Å². The number of ether oxygens (including phenoxy) is 1. The number of aromatic nitrogens is 2. The maximum absolute atomic E-state index is 5.67. The molecule has 0 amide bonds. The molecule has 4 nitrogen and oxygen atoms in total. The van der Waals surface area contributed by atoms with E-state index in [-0.39, 0.29) is 0 Å². The van der Waals surface area contributed by atoms with Crippen LogP contribution in [0.25, 0.3) is 5.69 Å². The quantitative estimate of drug-likeness (QED) is 0.850. The summed E-state index contributed by atoms with van der Waals surface area (Å²) in [5, 5.41) is 0. The molecule has 2 aromatic rings. The van der Waals surface area contributed by atoms with Crippen molar-refractivity contribution in [2.45, 2.75) is 0 Å². The van der Waals surface area contributed by atoms with Crippen LogP contribution in [0.5, 0.6) is 5.75 Å². The van der Waals surface area contributed by atoms with E-state index in [1.807, 2.05) is 22.9 Å². The zero-order valence-corrected chi connectivity index (χ0v) is 9.73. The van der Waals surface area contributed by atoms with Crippen LogP contribution in [0.4, 0.5) is 5.69 Å². The lowest BCUT2D eigenvalue weighted by Gasteiger charge is -2.09. The average molecular weight is 268 g/mol. The van der Waals surface area contributed by atoms with Gasteiger partial charge in [0.25, 0.3) is 0 Å². The number of nitrogens with two attached hydrogens (primary N) is 1. The van der Waals surface area contributed by atoms with Gasteiger partial charge >= 0.3 is 0 Å². The van der Waals surface area contributed by atoms with E-state index in [0.717, 1.165) is 16.0 Å². The van der Waals surface area contributed by atoms with Crippen molar-refractivity contribution in [3.05, 3.63) is 35.3 Å². The van der Waals surface area contributed by atoms with Crippen LogP contribution in [0.3, 0.4) is 0 Å². The first-order chi connectivity index (χ1) is 7.20. The fraction of sp³-hybridized carbons (Fsp3) is 0.100. The Morgan fingerprint density at radius 3 is 2.87 bits per heavy atom. The summed E-state index contributed by atoms with van der Waals surface area (Å²) in [5.74, 6) is 0.722. The van der Waals surface area contributed by atoms with Crippen LogP contribution in [-0.4, -0.2) is 16.7 Å². The summed E-state index contributed by atoms with van der Waals surface area (Å²) in [6.07, 6.45) is 3.56. The number of halogens is 1. The van der Waals surface area contributed by atoms with Crippen molar-refractivity contribution in [1.29, 1.82) is 0 Å². The van der Waals surface area contributed by atoms with Crippen LogP contribution in [0, 0.1) is 0 Å². The highest BCUT2D eigenvalue weighted by Crippen LogP contribution is 2.25. The van der Waals surface area contributed by atoms with Crippen molar-refractivity contribution in [1.82, 2.24) is 9.55 Å². The molecule has 0 saturated carbocycles. The van der Waals surface area contributed by atoms with Gasteiger partial charge in [-0.25, -0.2) is 4.98 Å². The normalized spacial score (nSPS) is 10.3. The molecule has 0 saturated heterocycles. The lowest BCUT2D eigenvalue weighted by atomic mass is 10.2. The maximum Gasteiger partial charge on any atom is 0.144 e. The summed E-state index contributed by atoms with van der Waals surface area (Å²) in [6, 6.07) is 5.50. The largest absolute Gasteiger partial charge is 0.494 e. The molecule has 2 N–H and O–H groups in total. The van der Waals surface area contributed by atoms with Crippen molar-refractivity contribution < 1.29 is 4.74 Å². The van der Waals surface area contributed by atoms with Gasteiger partial charge < -0.3 is 15.0 Å². The van der Waals surface area contributed by atoms with E-state index in [0.29, 0.717) is 5.69 Å². The number of hydrogen-bond donors (Lipinski definition) is 1. The number of methoxy groups -OCH3 is 1. The van der Waals surface area contributed by atoms with Gasteiger partial charge in [-0.1, -0.05) is 0 Å². The highest BCUT2D eigenvalue weighted by atomic mass is 79.9. The van der Waals surface area contributed by atoms with Crippen molar-refractivity contribution in [3.8, 4) is 11.4 Å². The van der Waals surface area contributed by atoms with E-state index in [1.54, 1.807) is 19.5 Å². The molecular formula is C10H10BrN3O. The minimum Gasteiger partial charge on any atom is -0.494 e. The van der Waals surface area contributed by atoms with Crippen molar-refractivity contribution in [2.75, 3.05) is 12.8 Å². The maximum atomic E-state index is 5.67. The molecule has 0 fully saturated rings.